The Morgan fingerprint density at radius 3 is 2.55 bits per heavy atom. The molecule has 114 valence electrons. The predicted octanol–water partition coefficient (Wildman–Crippen LogP) is 2.35. The highest BCUT2D eigenvalue weighted by molar-refractivity contribution is 5.06. The maximum absolute atomic E-state index is 4.51. The minimum atomic E-state index is 0.696. The monoisotopic (exact) mass is 278 g/mol. The van der Waals surface area contributed by atoms with Crippen molar-refractivity contribution in [3.8, 4) is 0 Å². The van der Waals surface area contributed by atoms with E-state index in [9.17, 15) is 0 Å². The Kier molecular flexibility index (Phi) is 5.61. The number of aromatic nitrogens is 2. The minimum absolute atomic E-state index is 0.696. The Morgan fingerprint density at radius 2 is 2.00 bits per heavy atom. The third kappa shape index (κ3) is 4.32. The molecule has 0 aliphatic carbocycles. The summed E-state index contributed by atoms with van der Waals surface area (Å²) in [4.78, 5) is 2.58. The normalized spacial score (nSPS) is 18.1. The second kappa shape index (κ2) is 7.23. The van der Waals surface area contributed by atoms with Crippen LogP contribution in [0.3, 0.4) is 0 Å². The Bertz CT molecular complexity index is 403. The highest BCUT2D eigenvalue weighted by atomic mass is 15.3. The van der Waals surface area contributed by atoms with Crippen LogP contribution in [0.15, 0.2) is 6.07 Å². The molecule has 1 aliphatic heterocycles. The molecule has 0 atom stereocenters. The molecule has 0 unspecified atom stereocenters. The number of nitrogens with one attached hydrogen (secondary N) is 1. The number of likely N-dealkylation sites (tertiary alicyclic amines) is 1. The van der Waals surface area contributed by atoms with Crippen LogP contribution in [0.25, 0.3) is 0 Å². The molecule has 20 heavy (non-hydrogen) atoms. The fourth-order valence-electron chi connectivity index (χ4n) is 3.06. The molecular formula is C16H30N4. The highest BCUT2D eigenvalue weighted by Crippen LogP contribution is 2.12. The molecule has 1 aromatic heterocycles. The van der Waals surface area contributed by atoms with Crippen LogP contribution in [0, 0.1) is 13.8 Å². The van der Waals surface area contributed by atoms with Gasteiger partial charge >= 0.3 is 0 Å². The van der Waals surface area contributed by atoms with Crippen LogP contribution in [-0.2, 0) is 6.54 Å². The molecule has 1 aliphatic rings. The SMILES string of the molecule is Cc1cc(C)n(CCCNC2CCN(C(C)C)CC2)n1. The van der Waals surface area contributed by atoms with Crippen LogP contribution < -0.4 is 5.32 Å². The van der Waals surface area contributed by atoms with Crippen LogP contribution in [0.1, 0.15) is 44.5 Å². The van der Waals surface area contributed by atoms with E-state index >= 15 is 0 Å². The summed E-state index contributed by atoms with van der Waals surface area (Å²) in [7, 11) is 0. The molecule has 4 nitrogen and oxygen atoms in total. The summed E-state index contributed by atoms with van der Waals surface area (Å²) in [6, 6.07) is 3.56. The lowest BCUT2D eigenvalue weighted by Crippen LogP contribution is -2.45. The summed E-state index contributed by atoms with van der Waals surface area (Å²) in [5, 5.41) is 8.22. The number of piperidine rings is 1. The Labute approximate surface area is 123 Å². The zero-order valence-corrected chi connectivity index (χ0v) is 13.5. The molecule has 1 aromatic rings. The molecule has 0 aromatic carbocycles. The predicted molar refractivity (Wildman–Crippen MR) is 84.1 cm³/mol. The smallest absolute Gasteiger partial charge is 0.0596 e. The molecule has 0 saturated carbocycles. The number of hydrogen-bond donors (Lipinski definition) is 1. The number of nitrogens with zero attached hydrogens (tertiary/aromatic N) is 3. The van der Waals surface area contributed by atoms with Crippen molar-refractivity contribution < 1.29 is 0 Å². The average molecular weight is 278 g/mol. The zero-order valence-electron chi connectivity index (χ0n) is 13.5. The topological polar surface area (TPSA) is 33.1 Å². The molecule has 1 saturated heterocycles. The Hall–Kier alpha value is -0.870. The number of rotatable bonds is 6. The van der Waals surface area contributed by atoms with E-state index in [0.717, 1.165) is 25.2 Å². The van der Waals surface area contributed by atoms with Gasteiger partial charge in [0.15, 0.2) is 0 Å². The van der Waals surface area contributed by atoms with Crippen molar-refractivity contribution in [3.63, 3.8) is 0 Å². The molecule has 0 bridgehead atoms. The van der Waals surface area contributed by atoms with Gasteiger partial charge in [0, 0.05) is 24.3 Å². The summed E-state index contributed by atoms with van der Waals surface area (Å²) < 4.78 is 2.12. The third-order valence-corrected chi connectivity index (χ3v) is 4.34. The van der Waals surface area contributed by atoms with E-state index in [0.29, 0.717) is 12.1 Å². The van der Waals surface area contributed by atoms with Gasteiger partial charge in [-0.05, 0) is 72.7 Å². The maximum atomic E-state index is 4.51. The van der Waals surface area contributed by atoms with Crippen molar-refractivity contribution >= 4 is 0 Å². The van der Waals surface area contributed by atoms with E-state index in [1.807, 2.05) is 0 Å². The lowest BCUT2D eigenvalue weighted by Gasteiger charge is -2.35. The Morgan fingerprint density at radius 1 is 1.30 bits per heavy atom. The second-order valence-electron chi connectivity index (χ2n) is 6.36. The first-order chi connectivity index (χ1) is 9.56. The third-order valence-electron chi connectivity index (χ3n) is 4.34. The first-order valence-corrected chi connectivity index (χ1v) is 8.04. The molecule has 1 N–H and O–H groups in total. The van der Waals surface area contributed by atoms with Crippen LogP contribution in [-0.4, -0.2) is 46.4 Å². The molecule has 4 heteroatoms. The minimum Gasteiger partial charge on any atom is -0.314 e. The van der Waals surface area contributed by atoms with E-state index in [-0.39, 0.29) is 0 Å². The van der Waals surface area contributed by atoms with Gasteiger partial charge in [-0.1, -0.05) is 0 Å². The molecule has 2 heterocycles. The van der Waals surface area contributed by atoms with E-state index in [2.05, 4.69) is 53.8 Å². The molecule has 0 amide bonds. The number of hydrogen-bond acceptors (Lipinski definition) is 3. The lowest BCUT2D eigenvalue weighted by atomic mass is 10.0. The molecule has 0 radical (unpaired) electrons. The van der Waals surface area contributed by atoms with E-state index in [1.54, 1.807) is 0 Å². The summed E-state index contributed by atoms with van der Waals surface area (Å²) in [5.74, 6) is 0. The second-order valence-corrected chi connectivity index (χ2v) is 6.36. The van der Waals surface area contributed by atoms with E-state index < -0.39 is 0 Å². The van der Waals surface area contributed by atoms with Gasteiger partial charge in [0.2, 0.25) is 0 Å². The zero-order chi connectivity index (χ0) is 14.5. The van der Waals surface area contributed by atoms with E-state index in [1.165, 1.54) is 31.6 Å². The van der Waals surface area contributed by atoms with Crippen LogP contribution in [0.4, 0.5) is 0 Å². The summed E-state index contributed by atoms with van der Waals surface area (Å²) in [6.07, 6.45) is 3.74. The van der Waals surface area contributed by atoms with Gasteiger partial charge in [0.1, 0.15) is 0 Å². The summed E-state index contributed by atoms with van der Waals surface area (Å²) in [6.45, 7) is 13.4. The standard InChI is InChI=1S/C16H30N4/c1-13(2)19-10-6-16(7-11-19)17-8-5-9-20-15(4)12-14(3)18-20/h12-13,16-17H,5-11H2,1-4H3. The first kappa shape index (κ1) is 15.5. The van der Waals surface area contributed by atoms with Crippen molar-refractivity contribution in [1.29, 1.82) is 0 Å². The van der Waals surface area contributed by atoms with Gasteiger partial charge < -0.3 is 10.2 Å². The van der Waals surface area contributed by atoms with Crippen molar-refractivity contribution in [2.75, 3.05) is 19.6 Å². The lowest BCUT2D eigenvalue weighted by molar-refractivity contribution is 0.161. The maximum Gasteiger partial charge on any atom is 0.0596 e. The largest absolute Gasteiger partial charge is 0.314 e. The first-order valence-electron chi connectivity index (χ1n) is 8.04. The van der Waals surface area contributed by atoms with Gasteiger partial charge in [-0.3, -0.25) is 4.68 Å². The fourth-order valence-corrected chi connectivity index (χ4v) is 3.06. The summed E-state index contributed by atoms with van der Waals surface area (Å²) in [5.41, 5.74) is 2.39. The molecule has 1 fully saturated rings. The molecule has 2 rings (SSSR count). The quantitative estimate of drug-likeness (QED) is 0.811. The van der Waals surface area contributed by atoms with Crippen molar-refractivity contribution in [3.05, 3.63) is 17.5 Å². The summed E-state index contributed by atoms with van der Waals surface area (Å²) >= 11 is 0. The molecular weight excluding hydrogens is 248 g/mol. The highest BCUT2D eigenvalue weighted by Gasteiger charge is 2.19. The van der Waals surface area contributed by atoms with Crippen LogP contribution in [0.5, 0.6) is 0 Å². The van der Waals surface area contributed by atoms with Gasteiger partial charge in [-0.15, -0.1) is 0 Å². The van der Waals surface area contributed by atoms with Crippen molar-refractivity contribution in [2.24, 2.45) is 0 Å². The van der Waals surface area contributed by atoms with Gasteiger partial charge in [-0.25, -0.2) is 0 Å². The Balaban J connectivity index is 1.61. The van der Waals surface area contributed by atoms with Crippen LogP contribution in [0.2, 0.25) is 0 Å². The molecule has 0 spiro atoms. The van der Waals surface area contributed by atoms with Crippen LogP contribution >= 0.6 is 0 Å². The van der Waals surface area contributed by atoms with Gasteiger partial charge in [0.25, 0.3) is 0 Å². The fraction of sp³-hybridized carbons (Fsp3) is 0.812. The van der Waals surface area contributed by atoms with Gasteiger partial charge in [-0.2, -0.15) is 5.10 Å². The van der Waals surface area contributed by atoms with Gasteiger partial charge in [0.05, 0.1) is 5.69 Å². The van der Waals surface area contributed by atoms with Crippen molar-refractivity contribution in [1.82, 2.24) is 20.0 Å². The number of aryl methyl sites for hydroxylation is 3. The van der Waals surface area contributed by atoms with E-state index in [4.69, 9.17) is 0 Å². The average Bonchev–Trinajstić information content (AvgIpc) is 2.73. The van der Waals surface area contributed by atoms with Crippen molar-refractivity contribution in [2.45, 2.75) is 65.6 Å².